The maximum Gasteiger partial charge on any atom is 0.111 e. The molecular weight excluding hydrogens is 456 g/mol. The van der Waals surface area contributed by atoms with Crippen molar-refractivity contribution in [2.75, 3.05) is 14.1 Å². The van der Waals surface area contributed by atoms with Gasteiger partial charge in [-0.25, -0.2) is 0 Å². The Labute approximate surface area is 222 Å². The first-order chi connectivity index (χ1) is 17.7. The predicted molar refractivity (Wildman–Crippen MR) is 153 cm³/mol. The second-order valence-corrected chi connectivity index (χ2v) is 12.0. The summed E-state index contributed by atoms with van der Waals surface area (Å²) in [5.41, 5.74) is 1.51. The summed E-state index contributed by atoms with van der Waals surface area (Å²) in [6.45, 7) is 9.48. The summed E-state index contributed by atoms with van der Waals surface area (Å²) in [7, 11) is 3.92. The van der Waals surface area contributed by atoms with Crippen molar-refractivity contribution >= 4 is 17.0 Å². The summed E-state index contributed by atoms with van der Waals surface area (Å²) in [4.78, 5) is 0. The Morgan fingerprint density at radius 1 is 1.00 bits per heavy atom. The molecule has 5 rings (SSSR count). The fraction of sp³-hybridized carbons (Fsp3) is 0.485. The highest BCUT2D eigenvalue weighted by Crippen LogP contribution is 2.47. The van der Waals surface area contributed by atoms with Crippen molar-refractivity contribution in [3.63, 3.8) is 0 Å². The molecule has 0 amide bonds. The average molecular weight is 499 g/mol. The third kappa shape index (κ3) is 5.21. The molecule has 196 valence electrons. The van der Waals surface area contributed by atoms with Crippen molar-refractivity contribution in [1.82, 2.24) is 5.01 Å². The summed E-state index contributed by atoms with van der Waals surface area (Å²) in [6, 6.07) is 19.7. The van der Waals surface area contributed by atoms with Crippen LogP contribution in [0.15, 0.2) is 82.2 Å². The minimum Gasteiger partial charge on any atom is -0.494 e. The third-order valence-electron chi connectivity index (χ3n) is 9.05. The van der Waals surface area contributed by atoms with Crippen molar-refractivity contribution in [3.8, 4) is 0 Å². The number of benzene rings is 2. The van der Waals surface area contributed by atoms with Crippen LogP contribution >= 0.6 is 0 Å². The number of nitrogens with zero attached hydrogens (tertiary/aromatic N) is 2. The maximum atomic E-state index is 6.92. The van der Waals surface area contributed by atoms with Crippen molar-refractivity contribution in [2.45, 2.75) is 64.4 Å². The van der Waals surface area contributed by atoms with Gasteiger partial charge in [-0.2, -0.15) is 5.10 Å². The SMILES string of the molecule is C[C@H]1CC[C@@H](C(C)(C)c2ccc3ccccc3c2)C[C@H]1OC1=C[C@@H](c2ccco2)[C@@H](/C=N/N(C)C)[C@H]1C. The Kier molecular flexibility index (Phi) is 7.20. The highest BCUT2D eigenvalue weighted by molar-refractivity contribution is 5.83. The molecule has 0 spiro atoms. The standard InChI is InChI=1S/C33H42N2O2/c1-22-13-15-27(33(3,4)26-16-14-24-10-7-8-11-25(24)18-26)19-31(22)37-32-20-28(30-12-9-17-36-30)29(23(32)2)21-34-35(5)6/h7-12,14,16-18,20-23,27-29,31H,13,15,19H2,1-6H3/b34-21+/t22-,23+,27+,28+,29-,31+/m0/s1. The van der Waals surface area contributed by atoms with Gasteiger partial charge in [0.2, 0.25) is 0 Å². The van der Waals surface area contributed by atoms with Gasteiger partial charge >= 0.3 is 0 Å². The zero-order valence-corrected chi connectivity index (χ0v) is 23.2. The van der Waals surface area contributed by atoms with E-state index in [0.29, 0.717) is 11.8 Å². The zero-order valence-electron chi connectivity index (χ0n) is 23.2. The van der Waals surface area contributed by atoms with Crippen LogP contribution in [-0.4, -0.2) is 31.4 Å². The number of allylic oxidation sites excluding steroid dienone is 2. The maximum absolute atomic E-state index is 6.92. The summed E-state index contributed by atoms with van der Waals surface area (Å²) in [5.74, 6) is 3.79. The lowest BCUT2D eigenvalue weighted by molar-refractivity contribution is -0.00295. The van der Waals surface area contributed by atoms with Crippen LogP contribution in [0.25, 0.3) is 10.8 Å². The van der Waals surface area contributed by atoms with Gasteiger partial charge in [0, 0.05) is 38.1 Å². The van der Waals surface area contributed by atoms with Crippen LogP contribution in [0.3, 0.4) is 0 Å². The minimum absolute atomic E-state index is 0.0824. The molecule has 0 bridgehead atoms. The molecule has 1 saturated carbocycles. The van der Waals surface area contributed by atoms with E-state index in [9.17, 15) is 0 Å². The summed E-state index contributed by atoms with van der Waals surface area (Å²) < 4.78 is 12.7. The van der Waals surface area contributed by atoms with E-state index in [-0.39, 0.29) is 29.3 Å². The molecule has 2 aliphatic carbocycles. The van der Waals surface area contributed by atoms with Gasteiger partial charge in [0.05, 0.1) is 12.0 Å². The van der Waals surface area contributed by atoms with Crippen LogP contribution < -0.4 is 0 Å². The molecule has 0 radical (unpaired) electrons. The van der Waals surface area contributed by atoms with Gasteiger partial charge in [-0.15, -0.1) is 0 Å². The Hall–Kier alpha value is -3.01. The monoisotopic (exact) mass is 498 g/mol. The summed E-state index contributed by atoms with van der Waals surface area (Å²) in [5, 5.41) is 9.08. The smallest absolute Gasteiger partial charge is 0.111 e. The van der Waals surface area contributed by atoms with Crippen LogP contribution in [0.4, 0.5) is 0 Å². The van der Waals surface area contributed by atoms with E-state index < -0.39 is 0 Å². The van der Waals surface area contributed by atoms with Crippen LogP contribution in [0, 0.1) is 23.7 Å². The van der Waals surface area contributed by atoms with Gasteiger partial charge in [0.15, 0.2) is 0 Å². The lowest BCUT2D eigenvalue weighted by atomic mass is 9.65. The van der Waals surface area contributed by atoms with E-state index in [0.717, 1.165) is 17.9 Å². The molecule has 0 saturated heterocycles. The fourth-order valence-electron chi connectivity index (χ4n) is 6.37. The topological polar surface area (TPSA) is 38.0 Å². The predicted octanol–water partition coefficient (Wildman–Crippen LogP) is 8.01. The zero-order chi connectivity index (χ0) is 26.2. The third-order valence-corrected chi connectivity index (χ3v) is 9.05. The van der Waals surface area contributed by atoms with Crippen LogP contribution in [0.5, 0.6) is 0 Å². The molecule has 1 fully saturated rings. The Morgan fingerprint density at radius 2 is 1.78 bits per heavy atom. The average Bonchev–Trinajstić information content (AvgIpc) is 3.52. The van der Waals surface area contributed by atoms with Crippen molar-refractivity contribution in [1.29, 1.82) is 0 Å². The molecule has 37 heavy (non-hydrogen) atoms. The highest BCUT2D eigenvalue weighted by Gasteiger charge is 2.42. The second kappa shape index (κ2) is 10.4. The molecule has 2 aromatic carbocycles. The molecule has 0 unspecified atom stereocenters. The summed E-state index contributed by atoms with van der Waals surface area (Å²) in [6.07, 6.45) is 9.85. The molecule has 4 nitrogen and oxygen atoms in total. The number of rotatable bonds is 7. The number of ether oxygens (including phenoxy) is 1. The van der Waals surface area contributed by atoms with Gasteiger partial charge in [0.1, 0.15) is 11.9 Å². The van der Waals surface area contributed by atoms with E-state index in [1.165, 1.54) is 29.2 Å². The van der Waals surface area contributed by atoms with Crippen molar-refractivity contribution in [3.05, 3.63) is 84.0 Å². The van der Waals surface area contributed by atoms with Gasteiger partial charge in [0.25, 0.3) is 0 Å². The quantitative estimate of drug-likeness (QED) is 0.245. The Morgan fingerprint density at radius 3 is 2.51 bits per heavy atom. The van der Waals surface area contributed by atoms with Crippen LogP contribution in [0.2, 0.25) is 0 Å². The second-order valence-electron chi connectivity index (χ2n) is 12.0. The molecule has 0 aliphatic heterocycles. The Bertz CT molecular complexity index is 1260. The van der Waals surface area contributed by atoms with Gasteiger partial charge < -0.3 is 14.2 Å². The molecule has 3 aromatic rings. The Balaban J connectivity index is 1.36. The number of hydrogen-bond acceptors (Lipinski definition) is 4. The number of hydrogen-bond donors (Lipinski definition) is 0. The first-order valence-corrected chi connectivity index (χ1v) is 13.9. The van der Waals surface area contributed by atoms with Crippen LogP contribution in [-0.2, 0) is 10.2 Å². The van der Waals surface area contributed by atoms with E-state index in [2.05, 4.69) is 93.6 Å². The molecule has 6 atom stereocenters. The van der Waals surface area contributed by atoms with E-state index in [1.54, 1.807) is 6.26 Å². The van der Waals surface area contributed by atoms with Crippen molar-refractivity contribution < 1.29 is 9.15 Å². The minimum atomic E-state index is 0.0824. The van der Waals surface area contributed by atoms with E-state index >= 15 is 0 Å². The number of furan rings is 1. The summed E-state index contributed by atoms with van der Waals surface area (Å²) >= 11 is 0. The van der Waals surface area contributed by atoms with Gasteiger partial charge in [-0.1, -0.05) is 70.2 Å². The highest BCUT2D eigenvalue weighted by atomic mass is 16.5. The molecule has 0 N–H and O–H groups in total. The molecule has 4 heteroatoms. The first-order valence-electron chi connectivity index (χ1n) is 13.9. The lowest BCUT2D eigenvalue weighted by Gasteiger charge is -2.43. The van der Waals surface area contributed by atoms with Gasteiger partial charge in [-0.3, -0.25) is 0 Å². The van der Waals surface area contributed by atoms with Crippen molar-refractivity contribution in [2.24, 2.45) is 28.8 Å². The first kappa shape index (κ1) is 25.6. The molecular formula is C33H42N2O2. The largest absolute Gasteiger partial charge is 0.494 e. The van der Waals surface area contributed by atoms with Crippen LogP contribution in [0.1, 0.15) is 64.2 Å². The molecule has 1 aromatic heterocycles. The van der Waals surface area contributed by atoms with E-state index in [4.69, 9.17) is 9.15 Å². The fourth-order valence-corrected chi connectivity index (χ4v) is 6.37. The molecule has 2 aliphatic rings. The van der Waals surface area contributed by atoms with Gasteiger partial charge in [-0.05, 0) is 71.1 Å². The normalized spacial score (nSPS) is 28.5. The van der Waals surface area contributed by atoms with E-state index in [1.807, 2.05) is 25.2 Å². The number of fused-ring (bicyclic) bond motifs is 1. The number of hydrazone groups is 1. The lowest BCUT2D eigenvalue weighted by Crippen LogP contribution is -2.39. The molecule has 1 heterocycles.